The van der Waals surface area contributed by atoms with Gasteiger partial charge in [-0.05, 0) is 24.1 Å². The van der Waals surface area contributed by atoms with Gasteiger partial charge in [-0.25, -0.2) is 0 Å². The minimum Gasteiger partial charge on any atom is -0.493 e. The summed E-state index contributed by atoms with van der Waals surface area (Å²) in [6.07, 6.45) is 1.52. The van der Waals surface area contributed by atoms with E-state index in [1.807, 2.05) is 18.2 Å². The highest BCUT2D eigenvalue weighted by molar-refractivity contribution is 7.15. The summed E-state index contributed by atoms with van der Waals surface area (Å²) >= 11 is 6.77. The molecule has 2 rings (SSSR count). The van der Waals surface area contributed by atoms with Crippen molar-refractivity contribution >= 4 is 34.0 Å². The van der Waals surface area contributed by atoms with Crippen LogP contribution in [-0.4, -0.2) is 36.2 Å². The van der Waals surface area contributed by atoms with E-state index in [2.05, 4.69) is 15.5 Å². The maximum absolute atomic E-state index is 11.2. The normalized spacial score (nSPS) is 10.3. The number of aromatic nitrogens is 2. The Bertz CT molecular complexity index is 648. The van der Waals surface area contributed by atoms with E-state index >= 15 is 0 Å². The molecule has 1 aromatic carbocycles. The number of carbonyl (C=O) groups excluding carboxylic acids is 1. The van der Waals surface area contributed by atoms with Crippen molar-refractivity contribution in [1.29, 1.82) is 0 Å². The van der Waals surface area contributed by atoms with Crippen molar-refractivity contribution in [2.75, 3.05) is 25.4 Å². The summed E-state index contributed by atoms with van der Waals surface area (Å²) in [6.45, 7) is 0. The molecule has 0 aliphatic carbocycles. The average Bonchev–Trinajstić information content (AvgIpc) is 2.99. The molecule has 118 valence electrons. The molecule has 1 N–H and O–H groups in total. The van der Waals surface area contributed by atoms with Crippen molar-refractivity contribution in [3.8, 4) is 11.5 Å². The van der Waals surface area contributed by atoms with Crippen molar-refractivity contribution in [3.63, 3.8) is 0 Å². The van der Waals surface area contributed by atoms with Crippen LogP contribution in [0.4, 0.5) is 5.13 Å². The lowest BCUT2D eigenvalue weighted by atomic mass is 10.1. The zero-order chi connectivity index (χ0) is 15.9. The van der Waals surface area contributed by atoms with Gasteiger partial charge in [0.1, 0.15) is 10.9 Å². The number of nitrogens with zero attached hydrogens (tertiary/aromatic N) is 2. The van der Waals surface area contributed by atoms with E-state index in [1.54, 1.807) is 14.2 Å². The Morgan fingerprint density at radius 1 is 1.23 bits per heavy atom. The van der Waals surface area contributed by atoms with Crippen LogP contribution in [0.15, 0.2) is 18.2 Å². The Hall–Kier alpha value is -1.86. The first-order valence-electron chi connectivity index (χ1n) is 6.55. The van der Waals surface area contributed by atoms with Gasteiger partial charge in [0.05, 0.1) is 14.2 Å². The topological polar surface area (TPSA) is 73.3 Å². The van der Waals surface area contributed by atoms with Crippen LogP contribution in [0.2, 0.25) is 0 Å². The Morgan fingerprint density at radius 3 is 2.68 bits per heavy atom. The molecule has 0 saturated heterocycles. The molecule has 0 aliphatic heterocycles. The van der Waals surface area contributed by atoms with Crippen LogP contribution in [0.3, 0.4) is 0 Å². The number of carbonyl (C=O) groups is 1. The fraction of sp³-hybridized carbons (Fsp3) is 0.357. The van der Waals surface area contributed by atoms with E-state index < -0.39 is 0 Å². The first kappa shape index (κ1) is 16.5. The van der Waals surface area contributed by atoms with Gasteiger partial charge in [-0.3, -0.25) is 10.1 Å². The fourth-order valence-electron chi connectivity index (χ4n) is 1.85. The molecule has 0 radical (unpaired) electrons. The highest BCUT2D eigenvalue weighted by Gasteiger charge is 2.09. The van der Waals surface area contributed by atoms with Crippen molar-refractivity contribution in [2.24, 2.45) is 0 Å². The van der Waals surface area contributed by atoms with Gasteiger partial charge in [0.2, 0.25) is 11.0 Å². The van der Waals surface area contributed by atoms with E-state index in [0.717, 1.165) is 23.4 Å². The molecule has 1 aromatic heterocycles. The summed E-state index contributed by atoms with van der Waals surface area (Å²) in [4.78, 5) is 11.2. The van der Waals surface area contributed by atoms with Gasteiger partial charge in [0.15, 0.2) is 11.5 Å². The summed E-state index contributed by atoms with van der Waals surface area (Å²) in [5, 5.41) is 11.9. The first-order chi connectivity index (χ1) is 10.7. The van der Waals surface area contributed by atoms with Crippen molar-refractivity contribution in [2.45, 2.75) is 12.8 Å². The van der Waals surface area contributed by atoms with Gasteiger partial charge in [-0.1, -0.05) is 17.4 Å². The highest BCUT2D eigenvalue weighted by Crippen LogP contribution is 2.28. The summed E-state index contributed by atoms with van der Waals surface area (Å²) in [7, 11) is 3.22. The van der Waals surface area contributed by atoms with Crippen LogP contribution in [-0.2, 0) is 17.6 Å². The number of halogens is 1. The lowest BCUT2D eigenvalue weighted by Crippen LogP contribution is -2.12. The number of rotatable bonds is 7. The zero-order valence-corrected chi connectivity index (χ0v) is 13.8. The molecular weight excluding hydrogens is 326 g/mol. The highest BCUT2D eigenvalue weighted by atomic mass is 35.5. The van der Waals surface area contributed by atoms with Gasteiger partial charge in [-0.15, -0.1) is 21.8 Å². The van der Waals surface area contributed by atoms with Crippen LogP contribution in [0, 0.1) is 0 Å². The average molecular weight is 342 g/mol. The lowest BCUT2D eigenvalue weighted by molar-refractivity contribution is -0.113. The molecule has 0 bridgehead atoms. The van der Waals surface area contributed by atoms with Crippen LogP contribution >= 0.6 is 22.9 Å². The molecule has 0 fully saturated rings. The van der Waals surface area contributed by atoms with Crippen molar-refractivity contribution in [1.82, 2.24) is 10.2 Å². The summed E-state index contributed by atoms with van der Waals surface area (Å²) in [6, 6.07) is 5.80. The molecule has 1 amide bonds. The molecule has 6 nitrogen and oxygen atoms in total. The Balaban J connectivity index is 1.97. The molecule has 0 unspecified atom stereocenters. The predicted molar refractivity (Wildman–Crippen MR) is 86.2 cm³/mol. The minimum atomic E-state index is -0.288. The van der Waals surface area contributed by atoms with Crippen LogP contribution in [0.1, 0.15) is 10.6 Å². The second-order valence-corrected chi connectivity index (χ2v) is 5.70. The molecule has 0 aliphatic rings. The van der Waals surface area contributed by atoms with Crippen molar-refractivity contribution in [3.05, 3.63) is 28.8 Å². The largest absolute Gasteiger partial charge is 0.493 e. The second kappa shape index (κ2) is 7.95. The third-order valence-electron chi connectivity index (χ3n) is 2.91. The minimum absolute atomic E-state index is 0.0967. The summed E-state index contributed by atoms with van der Waals surface area (Å²) in [5.74, 6) is 1.02. The second-order valence-electron chi connectivity index (χ2n) is 4.37. The molecule has 0 atom stereocenters. The molecule has 0 saturated carbocycles. The summed E-state index contributed by atoms with van der Waals surface area (Å²) in [5.41, 5.74) is 1.11. The molecular formula is C14H16ClN3O3S. The number of anilines is 1. The smallest absolute Gasteiger partial charge is 0.241 e. The number of benzene rings is 1. The monoisotopic (exact) mass is 341 g/mol. The number of amides is 1. The molecule has 1 heterocycles. The lowest BCUT2D eigenvalue weighted by Gasteiger charge is -2.08. The van der Waals surface area contributed by atoms with Gasteiger partial charge in [-0.2, -0.15) is 0 Å². The first-order valence-corrected chi connectivity index (χ1v) is 7.90. The van der Waals surface area contributed by atoms with E-state index in [4.69, 9.17) is 21.1 Å². The maximum Gasteiger partial charge on any atom is 0.241 e. The number of ether oxygens (including phenoxy) is 2. The van der Waals surface area contributed by atoms with Crippen molar-refractivity contribution < 1.29 is 14.3 Å². The number of hydrogen-bond acceptors (Lipinski definition) is 6. The zero-order valence-electron chi connectivity index (χ0n) is 12.3. The Morgan fingerprint density at radius 2 is 2.00 bits per heavy atom. The molecule has 22 heavy (non-hydrogen) atoms. The van der Waals surface area contributed by atoms with Gasteiger partial charge in [0.25, 0.3) is 0 Å². The number of methoxy groups -OCH3 is 2. The van der Waals surface area contributed by atoms with Crippen LogP contribution < -0.4 is 14.8 Å². The van der Waals surface area contributed by atoms with E-state index in [-0.39, 0.29) is 11.8 Å². The Kier molecular flexibility index (Phi) is 5.97. The quantitative estimate of drug-likeness (QED) is 0.783. The van der Waals surface area contributed by atoms with E-state index in [1.165, 1.54) is 11.3 Å². The third kappa shape index (κ3) is 4.32. The predicted octanol–water partition coefficient (Wildman–Crippen LogP) is 2.52. The van der Waals surface area contributed by atoms with E-state index in [0.29, 0.717) is 16.6 Å². The molecule has 8 heteroatoms. The standard InChI is InChI=1S/C14H16ClN3O3S/c1-20-10-5-3-9(7-11(10)21-2)4-6-13-17-18-14(22-13)16-12(19)8-15/h3,5,7H,4,6,8H2,1-2H3,(H,16,18,19). The third-order valence-corrected chi connectivity index (χ3v) is 4.05. The fourth-order valence-corrected chi connectivity index (χ4v) is 2.67. The molecule has 2 aromatic rings. The number of alkyl halides is 1. The van der Waals surface area contributed by atoms with Gasteiger partial charge >= 0.3 is 0 Å². The number of aryl methyl sites for hydroxylation is 2. The van der Waals surface area contributed by atoms with Crippen LogP contribution in [0.5, 0.6) is 11.5 Å². The van der Waals surface area contributed by atoms with Crippen LogP contribution in [0.25, 0.3) is 0 Å². The van der Waals surface area contributed by atoms with Gasteiger partial charge < -0.3 is 9.47 Å². The summed E-state index contributed by atoms with van der Waals surface area (Å²) < 4.78 is 10.5. The molecule has 0 spiro atoms. The Labute approximate surface area is 137 Å². The van der Waals surface area contributed by atoms with Gasteiger partial charge in [0, 0.05) is 6.42 Å². The van der Waals surface area contributed by atoms with E-state index in [9.17, 15) is 4.79 Å². The SMILES string of the molecule is COc1ccc(CCc2nnc(NC(=O)CCl)s2)cc1OC. The number of hydrogen-bond donors (Lipinski definition) is 1. The maximum atomic E-state index is 11.2. The number of nitrogens with one attached hydrogen (secondary N) is 1.